The lowest BCUT2D eigenvalue weighted by molar-refractivity contribution is -0.113. The Morgan fingerprint density at radius 2 is 1.73 bits per heavy atom. The number of rotatable bonds is 6. The molecule has 4 aromatic rings. The maximum absolute atomic E-state index is 13.1. The average Bonchev–Trinajstić information content (AvgIpc) is 3.31. The summed E-state index contributed by atoms with van der Waals surface area (Å²) in [5.41, 5.74) is 3.18. The van der Waals surface area contributed by atoms with E-state index in [0.717, 1.165) is 32.4 Å². The Morgan fingerprint density at radius 1 is 1.00 bits per heavy atom. The smallest absolute Gasteiger partial charge is 0.281 e. The highest BCUT2D eigenvalue weighted by atomic mass is 79.9. The van der Waals surface area contributed by atoms with Gasteiger partial charge in [0, 0.05) is 27.1 Å². The zero-order valence-corrected chi connectivity index (χ0v) is 20.0. The highest BCUT2D eigenvalue weighted by molar-refractivity contribution is 9.10. The molecule has 1 aliphatic heterocycles. The summed E-state index contributed by atoms with van der Waals surface area (Å²) in [6.07, 6.45) is 3.91. The predicted octanol–water partition coefficient (Wildman–Crippen LogP) is 5.75. The minimum atomic E-state index is -0.172. The van der Waals surface area contributed by atoms with Crippen LogP contribution in [-0.2, 0) is 11.3 Å². The fourth-order valence-electron chi connectivity index (χ4n) is 3.88. The summed E-state index contributed by atoms with van der Waals surface area (Å²) in [6, 6.07) is 25.3. The maximum Gasteiger partial charge on any atom is 0.281 e. The van der Waals surface area contributed by atoms with Gasteiger partial charge < -0.3 is 14.6 Å². The van der Waals surface area contributed by atoms with Crippen molar-refractivity contribution < 1.29 is 9.53 Å². The predicted molar refractivity (Wildman–Crippen MR) is 139 cm³/mol. The first-order valence-electron chi connectivity index (χ1n) is 10.5. The summed E-state index contributed by atoms with van der Waals surface area (Å²) in [6.45, 7) is 1.20. The zero-order chi connectivity index (χ0) is 22.8. The molecule has 1 N–H and O–H groups in total. The molecule has 1 aliphatic rings. The molecular weight excluding hydrogens is 498 g/mol. The van der Waals surface area contributed by atoms with Gasteiger partial charge >= 0.3 is 0 Å². The number of hydrogen-bond donors (Lipinski definition) is 1. The quantitative estimate of drug-likeness (QED) is 0.261. The number of amides is 1. The van der Waals surface area contributed by atoms with Crippen molar-refractivity contribution in [3.05, 3.63) is 101 Å². The van der Waals surface area contributed by atoms with Gasteiger partial charge in [0.1, 0.15) is 18.1 Å². The van der Waals surface area contributed by atoms with Gasteiger partial charge in [0.2, 0.25) is 0 Å². The van der Waals surface area contributed by atoms with Gasteiger partial charge in [-0.3, -0.25) is 9.69 Å². The molecule has 3 aromatic carbocycles. The van der Waals surface area contributed by atoms with E-state index in [1.54, 1.807) is 0 Å². The third kappa shape index (κ3) is 4.42. The van der Waals surface area contributed by atoms with E-state index in [1.807, 2.05) is 79.0 Å². The number of carbonyl (C=O) groups is 1. The SMILES string of the molecule is O=C1/C(=C/c2cn(CCOc3ccccc3)c3ccc(Br)cc23)NC(=S)N1c1ccccc1. The van der Waals surface area contributed by atoms with Crippen LogP contribution in [-0.4, -0.2) is 22.2 Å². The van der Waals surface area contributed by atoms with Crippen molar-refractivity contribution in [3.8, 4) is 5.75 Å². The fraction of sp³-hybridized carbons (Fsp3) is 0.0769. The molecule has 0 bridgehead atoms. The molecule has 0 aliphatic carbocycles. The second-order valence-corrected chi connectivity index (χ2v) is 8.87. The van der Waals surface area contributed by atoms with Crippen LogP contribution >= 0.6 is 28.1 Å². The van der Waals surface area contributed by atoms with Gasteiger partial charge in [-0.15, -0.1) is 0 Å². The van der Waals surface area contributed by atoms with Crippen LogP contribution in [0.4, 0.5) is 5.69 Å². The van der Waals surface area contributed by atoms with Gasteiger partial charge in [0.25, 0.3) is 5.91 Å². The first kappa shape index (κ1) is 21.4. The molecule has 1 amide bonds. The number of hydrogen-bond acceptors (Lipinski definition) is 3. The second kappa shape index (κ2) is 9.21. The number of carbonyl (C=O) groups excluding carboxylic acids is 1. The summed E-state index contributed by atoms with van der Waals surface area (Å²) in [4.78, 5) is 14.6. The Morgan fingerprint density at radius 3 is 2.48 bits per heavy atom. The Hall–Kier alpha value is -3.42. The molecule has 0 unspecified atom stereocenters. The Kier molecular flexibility index (Phi) is 5.98. The van der Waals surface area contributed by atoms with Crippen molar-refractivity contribution in [1.82, 2.24) is 9.88 Å². The van der Waals surface area contributed by atoms with Crippen LogP contribution in [0, 0.1) is 0 Å². The standard InChI is InChI=1S/C26H20BrN3O2S/c27-19-11-12-24-22(16-19)18(17-29(24)13-14-32-21-9-5-2-6-10-21)15-23-25(31)30(26(33)28-23)20-7-3-1-4-8-20/h1-12,15-17H,13-14H2,(H,28,33)/b23-15-. The van der Waals surface area contributed by atoms with Crippen molar-refractivity contribution >= 4 is 61.8 Å². The van der Waals surface area contributed by atoms with E-state index in [9.17, 15) is 4.79 Å². The Balaban J connectivity index is 1.44. The molecule has 0 spiro atoms. The van der Waals surface area contributed by atoms with Crippen molar-refractivity contribution in [2.75, 3.05) is 11.5 Å². The number of benzene rings is 3. The molecule has 1 saturated heterocycles. The fourth-order valence-corrected chi connectivity index (χ4v) is 4.54. The highest BCUT2D eigenvalue weighted by Crippen LogP contribution is 2.29. The molecular formula is C26H20BrN3O2S. The van der Waals surface area contributed by atoms with E-state index in [-0.39, 0.29) is 5.91 Å². The van der Waals surface area contributed by atoms with Crippen LogP contribution in [0.1, 0.15) is 5.56 Å². The number of para-hydroxylation sites is 2. The lowest BCUT2D eigenvalue weighted by atomic mass is 10.1. The first-order valence-corrected chi connectivity index (χ1v) is 11.7. The molecule has 5 rings (SSSR count). The number of ether oxygens (including phenoxy) is 1. The van der Waals surface area contributed by atoms with Gasteiger partial charge in [-0.1, -0.05) is 52.3 Å². The lowest BCUT2D eigenvalue weighted by Gasteiger charge is -2.13. The third-order valence-electron chi connectivity index (χ3n) is 5.41. The zero-order valence-electron chi connectivity index (χ0n) is 17.6. The Labute approximate surface area is 205 Å². The summed E-state index contributed by atoms with van der Waals surface area (Å²) in [7, 11) is 0. The third-order valence-corrected chi connectivity index (χ3v) is 6.19. The van der Waals surface area contributed by atoms with Crippen LogP contribution < -0.4 is 15.0 Å². The minimum absolute atomic E-state index is 0.172. The van der Waals surface area contributed by atoms with Crippen molar-refractivity contribution in [2.24, 2.45) is 0 Å². The number of nitrogens with one attached hydrogen (secondary N) is 1. The van der Waals surface area contributed by atoms with Crippen LogP contribution in [0.15, 0.2) is 95.2 Å². The molecule has 2 heterocycles. The molecule has 0 radical (unpaired) electrons. The number of fused-ring (bicyclic) bond motifs is 1. The minimum Gasteiger partial charge on any atom is -0.492 e. The topological polar surface area (TPSA) is 46.5 Å². The molecule has 0 saturated carbocycles. The summed E-state index contributed by atoms with van der Waals surface area (Å²) < 4.78 is 9.00. The Bertz CT molecular complexity index is 1370. The van der Waals surface area contributed by atoms with Gasteiger partial charge in [0.15, 0.2) is 5.11 Å². The molecule has 1 fully saturated rings. The van der Waals surface area contributed by atoms with E-state index in [0.29, 0.717) is 24.0 Å². The van der Waals surface area contributed by atoms with Crippen molar-refractivity contribution in [2.45, 2.75) is 6.54 Å². The van der Waals surface area contributed by atoms with E-state index in [4.69, 9.17) is 17.0 Å². The molecule has 1 aromatic heterocycles. The van der Waals surface area contributed by atoms with Gasteiger partial charge in [-0.25, -0.2) is 0 Å². The first-order chi connectivity index (χ1) is 16.1. The number of thiocarbonyl (C=S) groups is 1. The number of nitrogens with zero attached hydrogens (tertiary/aromatic N) is 2. The van der Waals surface area contributed by atoms with Crippen LogP contribution in [0.2, 0.25) is 0 Å². The lowest BCUT2D eigenvalue weighted by Crippen LogP contribution is -2.30. The van der Waals surface area contributed by atoms with Crippen LogP contribution in [0.25, 0.3) is 17.0 Å². The van der Waals surface area contributed by atoms with E-state index >= 15 is 0 Å². The van der Waals surface area contributed by atoms with Crippen molar-refractivity contribution in [1.29, 1.82) is 0 Å². The molecule has 164 valence electrons. The monoisotopic (exact) mass is 517 g/mol. The van der Waals surface area contributed by atoms with Gasteiger partial charge in [-0.05, 0) is 60.8 Å². The summed E-state index contributed by atoms with van der Waals surface area (Å²) >= 11 is 9.01. The molecule has 0 atom stereocenters. The highest BCUT2D eigenvalue weighted by Gasteiger charge is 2.32. The maximum atomic E-state index is 13.1. The van der Waals surface area contributed by atoms with Gasteiger partial charge in [-0.2, -0.15) is 0 Å². The normalized spacial score (nSPS) is 14.8. The van der Waals surface area contributed by atoms with Gasteiger partial charge in [0.05, 0.1) is 12.2 Å². The van der Waals surface area contributed by atoms with E-state index < -0.39 is 0 Å². The molecule has 33 heavy (non-hydrogen) atoms. The largest absolute Gasteiger partial charge is 0.492 e. The molecule has 5 nitrogen and oxygen atoms in total. The molecule has 7 heteroatoms. The van der Waals surface area contributed by atoms with E-state index in [2.05, 4.69) is 37.9 Å². The van der Waals surface area contributed by atoms with Crippen molar-refractivity contribution in [3.63, 3.8) is 0 Å². The number of aromatic nitrogens is 1. The number of halogens is 1. The average molecular weight is 518 g/mol. The van der Waals surface area contributed by atoms with Crippen LogP contribution in [0.3, 0.4) is 0 Å². The summed E-state index contributed by atoms with van der Waals surface area (Å²) in [5.74, 6) is 0.670. The summed E-state index contributed by atoms with van der Waals surface area (Å²) in [5, 5.41) is 4.49. The van der Waals surface area contributed by atoms with E-state index in [1.165, 1.54) is 4.90 Å². The van der Waals surface area contributed by atoms with Crippen LogP contribution in [0.5, 0.6) is 5.75 Å². The number of anilines is 1. The second-order valence-electron chi connectivity index (χ2n) is 7.57.